The van der Waals surface area contributed by atoms with Crippen molar-refractivity contribution in [2.45, 2.75) is 11.6 Å². The van der Waals surface area contributed by atoms with E-state index < -0.39 is 16.0 Å². The largest absolute Gasteiger partial charge is 0.480 e. The van der Waals surface area contributed by atoms with Crippen molar-refractivity contribution in [3.05, 3.63) is 12.5 Å². The Morgan fingerprint density at radius 1 is 1.69 bits per heavy atom. The molecule has 13 heavy (non-hydrogen) atoms. The molecular formula is C5H7N3O4S. The molecule has 0 fully saturated rings. The lowest BCUT2D eigenvalue weighted by Gasteiger charge is -1.93. The van der Waals surface area contributed by atoms with Crippen LogP contribution in [0.15, 0.2) is 17.6 Å². The molecule has 0 saturated carbocycles. The molecule has 0 saturated heterocycles. The second-order valence-corrected chi connectivity index (χ2v) is 3.83. The maximum atomic E-state index is 10.7. The van der Waals surface area contributed by atoms with Crippen LogP contribution in [0.25, 0.3) is 0 Å². The molecule has 0 unspecified atom stereocenters. The fraction of sp³-hybridized carbons (Fsp3) is 0.200. The van der Waals surface area contributed by atoms with E-state index in [0.29, 0.717) is 0 Å². The second-order valence-electron chi connectivity index (χ2n) is 2.32. The quantitative estimate of drug-likeness (QED) is 0.630. The van der Waals surface area contributed by atoms with Gasteiger partial charge in [0.1, 0.15) is 6.54 Å². The first-order valence-corrected chi connectivity index (χ1v) is 4.70. The summed E-state index contributed by atoms with van der Waals surface area (Å²) in [7, 11) is -3.84. The molecule has 72 valence electrons. The average Bonchev–Trinajstić information content (AvgIpc) is 2.32. The first-order valence-electron chi connectivity index (χ1n) is 3.16. The molecule has 1 aromatic rings. The molecule has 0 aromatic carbocycles. The highest BCUT2D eigenvalue weighted by Crippen LogP contribution is 2.01. The third-order valence-corrected chi connectivity index (χ3v) is 2.01. The third kappa shape index (κ3) is 2.53. The number of carboxylic acids is 1. The number of nitrogens with two attached hydrogens (primary N) is 1. The Labute approximate surface area is 73.9 Å². The van der Waals surface area contributed by atoms with Gasteiger partial charge in [0, 0.05) is 6.20 Å². The van der Waals surface area contributed by atoms with Gasteiger partial charge in [-0.3, -0.25) is 4.79 Å². The van der Waals surface area contributed by atoms with E-state index in [1.54, 1.807) is 0 Å². The van der Waals surface area contributed by atoms with E-state index in [1.165, 1.54) is 0 Å². The van der Waals surface area contributed by atoms with Crippen molar-refractivity contribution >= 4 is 16.0 Å². The molecule has 0 atom stereocenters. The molecule has 1 rings (SSSR count). The summed E-state index contributed by atoms with van der Waals surface area (Å²) in [6.45, 7) is -0.345. The van der Waals surface area contributed by atoms with Crippen molar-refractivity contribution < 1.29 is 18.3 Å². The van der Waals surface area contributed by atoms with Gasteiger partial charge in [0.25, 0.3) is 10.0 Å². The summed E-state index contributed by atoms with van der Waals surface area (Å²) >= 11 is 0. The van der Waals surface area contributed by atoms with Crippen LogP contribution >= 0.6 is 0 Å². The van der Waals surface area contributed by atoms with Crippen LogP contribution in [-0.2, 0) is 21.4 Å². The highest BCUT2D eigenvalue weighted by Gasteiger charge is 2.11. The number of imidazole rings is 1. The Hall–Kier alpha value is -1.41. The highest BCUT2D eigenvalue weighted by molar-refractivity contribution is 7.89. The summed E-state index contributed by atoms with van der Waals surface area (Å²) in [5, 5.41) is 12.8. The van der Waals surface area contributed by atoms with Crippen molar-refractivity contribution in [1.29, 1.82) is 0 Å². The van der Waals surface area contributed by atoms with Gasteiger partial charge < -0.3 is 9.67 Å². The van der Waals surface area contributed by atoms with Crippen molar-refractivity contribution in [3.63, 3.8) is 0 Å². The molecule has 0 amide bonds. The van der Waals surface area contributed by atoms with Crippen molar-refractivity contribution in [3.8, 4) is 0 Å². The van der Waals surface area contributed by atoms with E-state index in [4.69, 9.17) is 10.2 Å². The monoisotopic (exact) mass is 205 g/mol. The minimum Gasteiger partial charge on any atom is -0.480 e. The minimum absolute atomic E-state index is 0.339. The number of aromatic nitrogens is 2. The molecule has 0 aliphatic carbocycles. The standard InChI is InChI=1S/C5H7N3O4S/c6-13(11,12)4-1-8(3-7-4)2-5(9)10/h1,3H,2H2,(H,9,10)(H2,6,11,12). The molecule has 0 radical (unpaired) electrons. The van der Waals surface area contributed by atoms with Crippen LogP contribution in [0.4, 0.5) is 0 Å². The number of carbonyl (C=O) groups is 1. The Bertz CT molecular complexity index is 421. The maximum Gasteiger partial charge on any atom is 0.323 e. The zero-order valence-electron chi connectivity index (χ0n) is 6.41. The van der Waals surface area contributed by atoms with Crippen LogP contribution < -0.4 is 5.14 Å². The number of carboxylic acid groups (broad SMARTS) is 1. The minimum atomic E-state index is -3.84. The zero-order valence-corrected chi connectivity index (χ0v) is 7.23. The Balaban J connectivity index is 2.94. The van der Waals surface area contributed by atoms with Gasteiger partial charge in [0.15, 0.2) is 5.03 Å². The number of hydrogen-bond donors (Lipinski definition) is 2. The van der Waals surface area contributed by atoms with Gasteiger partial charge in [-0.2, -0.15) is 0 Å². The molecule has 0 aliphatic rings. The lowest BCUT2D eigenvalue weighted by Crippen LogP contribution is -2.12. The van der Waals surface area contributed by atoms with Crippen LogP contribution in [0, 0.1) is 0 Å². The molecule has 0 aliphatic heterocycles. The smallest absolute Gasteiger partial charge is 0.323 e. The summed E-state index contributed by atoms with van der Waals surface area (Å²) in [5.41, 5.74) is 0. The summed E-state index contributed by atoms with van der Waals surface area (Å²) in [5.74, 6) is -1.08. The first kappa shape index (κ1) is 9.68. The van der Waals surface area contributed by atoms with Crippen LogP contribution in [0.1, 0.15) is 0 Å². The molecule has 1 aromatic heterocycles. The zero-order chi connectivity index (χ0) is 10.1. The predicted octanol–water partition coefficient (Wildman–Crippen LogP) is -1.38. The van der Waals surface area contributed by atoms with E-state index in [1.807, 2.05) is 0 Å². The number of sulfonamides is 1. The van der Waals surface area contributed by atoms with E-state index in [-0.39, 0.29) is 11.6 Å². The maximum absolute atomic E-state index is 10.7. The van der Waals surface area contributed by atoms with E-state index in [2.05, 4.69) is 4.98 Å². The molecule has 0 spiro atoms. The van der Waals surface area contributed by atoms with Crippen LogP contribution in [-0.4, -0.2) is 29.0 Å². The fourth-order valence-electron chi connectivity index (χ4n) is 0.729. The summed E-state index contributed by atoms with van der Waals surface area (Å²) in [4.78, 5) is 13.6. The van der Waals surface area contributed by atoms with Crippen molar-refractivity contribution in [1.82, 2.24) is 9.55 Å². The van der Waals surface area contributed by atoms with Gasteiger partial charge in [-0.25, -0.2) is 18.5 Å². The van der Waals surface area contributed by atoms with Gasteiger partial charge in [-0.15, -0.1) is 0 Å². The summed E-state index contributed by atoms with van der Waals surface area (Å²) < 4.78 is 22.5. The Morgan fingerprint density at radius 2 is 2.31 bits per heavy atom. The lowest BCUT2D eigenvalue weighted by atomic mass is 10.6. The number of primary sulfonamides is 1. The highest BCUT2D eigenvalue weighted by atomic mass is 32.2. The molecule has 8 heteroatoms. The summed E-state index contributed by atoms with van der Waals surface area (Å²) in [6, 6.07) is 0. The van der Waals surface area contributed by atoms with Gasteiger partial charge in [0.2, 0.25) is 0 Å². The Morgan fingerprint density at radius 3 is 2.69 bits per heavy atom. The van der Waals surface area contributed by atoms with E-state index in [0.717, 1.165) is 17.1 Å². The number of hydrogen-bond acceptors (Lipinski definition) is 4. The van der Waals surface area contributed by atoms with Gasteiger partial charge in [0.05, 0.1) is 6.33 Å². The normalized spacial score (nSPS) is 11.5. The number of aliphatic carboxylic acids is 1. The van der Waals surface area contributed by atoms with Crippen LogP contribution in [0.3, 0.4) is 0 Å². The summed E-state index contributed by atoms with van der Waals surface area (Å²) in [6.07, 6.45) is 2.15. The van der Waals surface area contributed by atoms with Crippen LogP contribution in [0.2, 0.25) is 0 Å². The Kier molecular flexibility index (Phi) is 2.34. The molecule has 1 heterocycles. The van der Waals surface area contributed by atoms with Crippen molar-refractivity contribution in [2.75, 3.05) is 0 Å². The van der Waals surface area contributed by atoms with Gasteiger partial charge in [-0.1, -0.05) is 0 Å². The lowest BCUT2D eigenvalue weighted by molar-refractivity contribution is -0.137. The molecule has 0 bridgehead atoms. The van der Waals surface area contributed by atoms with Gasteiger partial charge >= 0.3 is 5.97 Å². The topological polar surface area (TPSA) is 115 Å². The first-order chi connectivity index (χ1) is 5.89. The molecule has 7 nitrogen and oxygen atoms in total. The number of rotatable bonds is 3. The molecular weight excluding hydrogens is 198 g/mol. The third-order valence-electron chi connectivity index (χ3n) is 1.22. The SMILES string of the molecule is NS(=O)(=O)c1cn(CC(=O)O)cn1. The predicted molar refractivity (Wildman–Crippen MR) is 41.2 cm³/mol. The van der Waals surface area contributed by atoms with Crippen LogP contribution in [0.5, 0.6) is 0 Å². The fourth-order valence-corrected chi connectivity index (χ4v) is 1.21. The average molecular weight is 205 g/mol. The van der Waals surface area contributed by atoms with E-state index >= 15 is 0 Å². The second kappa shape index (κ2) is 3.15. The number of nitrogens with zero attached hydrogens (tertiary/aromatic N) is 2. The van der Waals surface area contributed by atoms with E-state index in [9.17, 15) is 13.2 Å². The molecule has 3 N–H and O–H groups in total. The van der Waals surface area contributed by atoms with Gasteiger partial charge in [-0.05, 0) is 0 Å². The van der Waals surface area contributed by atoms with Crippen molar-refractivity contribution in [2.24, 2.45) is 5.14 Å².